The third kappa shape index (κ3) is 5.18. The second kappa shape index (κ2) is 9.25. The molecule has 2 aliphatic heterocycles. The topological polar surface area (TPSA) is 76.2 Å². The normalized spacial score (nSPS) is 22.9. The fraction of sp³-hybridized carbons (Fsp3) is 0.423. The average Bonchev–Trinajstić information content (AvgIpc) is 3.38. The highest BCUT2D eigenvalue weighted by Crippen LogP contribution is 2.36. The molecule has 0 saturated carbocycles. The van der Waals surface area contributed by atoms with Crippen LogP contribution in [0.2, 0.25) is 0 Å². The molecule has 0 bridgehead atoms. The van der Waals surface area contributed by atoms with Crippen molar-refractivity contribution in [1.29, 1.82) is 0 Å². The van der Waals surface area contributed by atoms with Gasteiger partial charge in [0.25, 0.3) is 0 Å². The molecule has 7 heteroatoms. The standard InChI is InChI=1S/C26H30N2O5/c1-26(2,3)33-24(30)27-15-21(19-12-8-5-9-13-19)22(16-27)23(29)28-20(17-32-25(28)31)14-18-10-6-4-7-11-18/h4-13,20-22H,14-17H2,1-3H3/t20-,21?,22?/m0/s1. The summed E-state index contributed by atoms with van der Waals surface area (Å²) in [6, 6.07) is 19.0. The van der Waals surface area contributed by atoms with E-state index in [0.29, 0.717) is 13.0 Å². The maximum Gasteiger partial charge on any atom is 0.416 e. The van der Waals surface area contributed by atoms with Crippen molar-refractivity contribution in [2.75, 3.05) is 19.7 Å². The van der Waals surface area contributed by atoms with Crippen LogP contribution < -0.4 is 0 Å². The molecule has 2 heterocycles. The monoisotopic (exact) mass is 450 g/mol. The molecule has 3 amide bonds. The summed E-state index contributed by atoms with van der Waals surface area (Å²) < 4.78 is 10.8. The number of hydrogen-bond donors (Lipinski definition) is 0. The second-order valence-corrected chi connectivity index (χ2v) is 9.64. The molecule has 7 nitrogen and oxygen atoms in total. The summed E-state index contributed by atoms with van der Waals surface area (Å²) in [5, 5.41) is 0. The van der Waals surface area contributed by atoms with Crippen molar-refractivity contribution < 1.29 is 23.9 Å². The van der Waals surface area contributed by atoms with E-state index in [1.807, 2.05) is 81.4 Å². The number of cyclic esters (lactones) is 1. The van der Waals surface area contributed by atoms with Gasteiger partial charge in [0.2, 0.25) is 5.91 Å². The van der Waals surface area contributed by atoms with Gasteiger partial charge in [-0.2, -0.15) is 0 Å². The number of ether oxygens (including phenoxy) is 2. The molecule has 2 aromatic carbocycles. The number of carbonyl (C=O) groups is 3. The summed E-state index contributed by atoms with van der Waals surface area (Å²) in [4.78, 5) is 41.9. The van der Waals surface area contributed by atoms with Crippen LogP contribution in [0.3, 0.4) is 0 Å². The zero-order valence-corrected chi connectivity index (χ0v) is 19.3. The Bertz CT molecular complexity index is 1000. The van der Waals surface area contributed by atoms with Gasteiger partial charge in [-0.3, -0.25) is 4.79 Å². The average molecular weight is 451 g/mol. The molecule has 3 atom stereocenters. The van der Waals surface area contributed by atoms with Crippen LogP contribution in [0.15, 0.2) is 60.7 Å². The third-order valence-electron chi connectivity index (χ3n) is 6.03. The molecule has 4 rings (SSSR count). The Balaban J connectivity index is 1.58. The number of rotatable bonds is 4. The van der Waals surface area contributed by atoms with Crippen molar-refractivity contribution >= 4 is 18.1 Å². The van der Waals surface area contributed by atoms with Gasteiger partial charge in [-0.1, -0.05) is 60.7 Å². The van der Waals surface area contributed by atoms with E-state index in [2.05, 4.69) is 0 Å². The number of hydrogen-bond acceptors (Lipinski definition) is 5. The van der Waals surface area contributed by atoms with Crippen LogP contribution in [0.1, 0.15) is 37.8 Å². The van der Waals surface area contributed by atoms with Gasteiger partial charge in [0.1, 0.15) is 12.2 Å². The Hall–Kier alpha value is -3.35. The molecule has 2 unspecified atom stereocenters. The highest BCUT2D eigenvalue weighted by atomic mass is 16.6. The van der Waals surface area contributed by atoms with Crippen molar-refractivity contribution in [1.82, 2.24) is 9.80 Å². The lowest BCUT2D eigenvalue weighted by molar-refractivity contribution is -0.133. The first-order valence-electron chi connectivity index (χ1n) is 11.3. The minimum absolute atomic E-state index is 0.165. The summed E-state index contributed by atoms with van der Waals surface area (Å²) in [7, 11) is 0. The molecular formula is C26H30N2O5. The number of likely N-dealkylation sites (tertiary alicyclic amines) is 1. The van der Waals surface area contributed by atoms with Gasteiger partial charge in [-0.15, -0.1) is 0 Å². The lowest BCUT2D eigenvalue weighted by Crippen LogP contribution is -2.45. The minimum atomic E-state index is -0.638. The molecular weight excluding hydrogens is 420 g/mol. The van der Waals surface area contributed by atoms with Crippen molar-refractivity contribution in [3.05, 3.63) is 71.8 Å². The minimum Gasteiger partial charge on any atom is -0.447 e. The van der Waals surface area contributed by atoms with Crippen LogP contribution >= 0.6 is 0 Å². The van der Waals surface area contributed by atoms with Crippen LogP contribution in [-0.4, -0.2) is 59.2 Å². The van der Waals surface area contributed by atoms with Crippen molar-refractivity contribution in [3.63, 3.8) is 0 Å². The first-order valence-corrected chi connectivity index (χ1v) is 11.3. The van der Waals surface area contributed by atoms with Gasteiger partial charge in [0.05, 0.1) is 12.0 Å². The second-order valence-electron chi connectivity index (χ2n) is 9.64. The summed E-state index contributed by atoms with van der Waals surface area (Å²) in [5.74, 6) is -1.11. The zero-order valence-electron chi connectivity index (χ0n) is 19.3. The number of benzene rings is 2. The molecule has 2 saturated heterocycles. The maximum absolute atomic E-state index is 13.7. The first kappa shape index (κ1) is 22.8. The Kier molecular flexibility index (Phi) is 6.40. The van der Waals surface area contributed by atoms with Gasteiger partial charge in [0.15, 0.2) is 0 Å². The largest absolute Gasteiger partial charge is 0.447 e. The molecule has 2 aromatic rings. The van der Waals surface area contributed by atoms with Crippen molar-refractivity contribution in [2.24, 2.45) is 5.92 Å². The highest BCUT2D eigenvalue weighted by Gasteiger charge is 2.48. The fourth-order valence-corrected chi connectivity index (χ4v) is 4.51. The van der Waals surface area contributed by atoms with E-state index in [1.165, 1.54) is 4.90 Å². The van der Waals surface area contributed by atoms with E-state index in [-0.39, 0.29) is 31.0 Å². The van der Waals surface area contributed by atoms with E-state index in [1.54, 1.807) is 4.90 Å². The fourth-order valence-electron chi connectivity index (χ4n) is 4.51. The Labute approximate surface area is 194 Å². The quantitative estimate of drug-likeness (QED) is 0.697. The van der Waals surface area contributed by atoms with Gasteiger partial charge in [0, 0.05) is 19.0 Å². The lowest BCUT2D eigenvalue weighted by atomic mass is 9.87. The van der Waals surface area contributed by atoms with Gasteiger partial charge < -0.3 is 14.4 Å². The van der Waals surface area contributed by atoms with Crippen molar-refractivity contribution in [3.8, 4) is 0 Å². The molecule has 0 radical (unpaired) electrons. The Morgan fingerprint density at radius 3 is 2.27 bits per heavy atom. The Morgan fingerprint density at radius 2 is 1.64 bits per heavy atom. The Morgan fingerprint density at radius 1 is 1.00 bits per heavy atom. The predicted octanol–water partition coefficient (Wildman–Crippen LogP) is 4.23. The maximum atomic E-state index is 13.7. The summed E-state index contributed by atoms with van der Waals surface area (Å²) in [6.07, 6.45) is -0.552. The van der Waals surface area contributed by atoms with Crippen LogP contribution in [0.25, 0.3) is 0 Å². The number of nitrogens with zero attached hydrogens (tertiary/aromatic N) is 2. The summed E-state index contributed by atoms with van der Waals surface area (Å²) in [5.41, 5.74) is 1.34. The van der Waals surface area contributed by atoms with Crippen LogP contribution in [0.4, 0.5) is 9.59 Å². The number of carbonyl (C=O) groups excluding carboxylic acids is 3. The van der Waals surface area contributed by atoms with Crippen molar-refractivity contribution in [2.45, 2.75) is 44.8 Å². The van der Waals surface area contributed by atoms with Gasteiger partial charge in [-0.25, -0.2) is 14.5 Å². The number of imide groups is 1. The van der Waals surface area contributed by atoms with Gasteiger partial charge in [-0.05, 0) is 38.3 Å². The lowest BCUT2D eigenvalue weighted by Gasteiger charge is -2.26. The molecule has 0 aliphatic carbocycles. The van der Waals surface area contributed by atoms with Gasteiger partial charge >= 0.3 is 12.2 Å². The predicted molar refractivity (Wildman–Crippen MR) is 123 cm³/mol. The molecule has 0 aromatic heterocycles. The molecule has 33 heavy (non-hydrogen) atoms. The van der Waals surface area contributed by atoms with E-state index >= 15 is 0 Å². The van der Waals surface area contributed by atoms with Crippen LogP contribution in [0.5, 0.6) is 0 Å². The number of amides is 3. The van der Waals surface area contributed by atoms with E-state index < -0.39 is 23.7 Å². The summed E-state index contributed by atoms with van der Waals surface area (Å²) >= 11 is 0. The summed E-state index contributed by atoms with van der Waals surface area (Å²) in [6.45, 7) is 6.14. The van der Waals surface area contributed by atoms with E-state index in [0.717, 1.165) is 11.1 Å². The van der Waals surface area contributed by atoms with E-state index in [9.17, 15) is 14.4 Å². The van der Waals surface area contributed by atoms with Crippen LogP contribution in [-0.2, 0) is 20.7 Å². The molecule has 2 fully saturated rings. The first-order chi connectivity index (χ1) is 15.7. The smallest absolute Gasteiger partial charge is 0.416 e. The molecule has 0 spiro atoms. The molecule has 174 valence electrons. The molecule has 0 N–H and O–H groups in total. The zero-order chi connectivity index (χ0) is 23.6. The SMILES string of the molecule is CC(C)(C)OC(=O)N1CC(C(=O)N2C(=O)OC[C@@H]2Cc2ccccc2)C(c2ccccc2)C1. The highest BCUT2D eigenvalue weighted by molar-refractivity contribution is 5.96. The third-order valence-corrected chi connectivity index (χ3v) is 6.03. The van der Waals surface area contributed by atoms with Crippen LogP contribution in [0, 0.1) is 5.92 Å². The molecule has 2 aliphatic rings. The van der Waals surface area contributed by atoms with E-state index in [4.69, 9.17) is 9.47 Å².